The van der Waals surface area contributed by atoms with E-state index in [0.717, 1.165) is 2.90 Å². The van der Waals surface area contributed by atoms with Crippen molar-refractivity contribution in [3.63, 3.8) is 0 Å². The molecule has 0 aliphatic heterocycles. The van der Waals surface area contributed by atoms with E-state index in [2.05, 4.69) is 21.0 Å². The van der Waals surface area contributed by atoms with Gasteiger partial charge in [-0.1, -0.05) is 11.6 Å². The Kier molecular flexibility index (Phi) is 3.36. The zero-order valence-electron chi connectivity index (χ0n) is 5.84. The van der Waals surface area contributed by atoms with Gasteiger partial charge in [-0.05, 0) is 15.9 Å². The van der Waals surface area contributed by atoms with Gasteiger partial charge in [-0.25, -0.2) is 0 Å². The molecule has 0 unspecified atom stereocenters. The second kappa shape index (κ2) is 3.93. The number of methoxy groups -OCH3 is 1. The van der Waals surface area contributed by atoms with E-state index in [1.807, 2.05) is 0 Å². The number of nitrogens with zero attached hydrogens (tertiary/aromatic N) is 2. The maximum Gasteiger partial charge on any atom is 0.319 e. The minimum Gasteiger partial charge on any atom is -0.490 e. The lowest BCUT2D eigenvalue weighted by Crippen LogP contribution is -2.17. The number of hydrogen-bond donors (Lipinski definition) is 0. The summed E-state index contributed by atoms with van der Waals surface area (Å²) in [4.78, 5) is 11.2. The normalized spacial score (nSPS) is 10.0. The first kappa shape index (κ1) is 10.3. The molecular formula is C5H3BrClIN2O2. The highest BCUT2D eigenvalue weighted by Crippen LogP contribution is 2.26. The Morgan fingerprint density at radius 1 is 1.75 bits per heavy atom. The first-order chi connectivity index (χ1) is 5.57. The molecule has 1 aromatic rings. The fourth-order valence-corrected chi connectivity index (χ4v) is 1.88. The van der Waals surface area contributed by atoms with E-state index in [1.165, 1.54) is 7.11 Å². The van der Waals surface area contributed by atoms with Crippen LogP contribution >= 0.6 is 50.4 Å². The molecule has 4 nitrogen and oxygen atoms in total. The Labute approximate surface area is 95.5 Å². The van der Waals surface area contributed by atoms with Crippen LogP contribution in [0.3, 0.4) is 0 Å². The third-order valence-electron chi connectivity index (χ3n) is 1.12. The molecule has 0 bridgehead atoms. The summed E-state index contributed by atoms with van der Waals surface area (Å²) in [5.74, 6) is 0.0907. The summed E-state index contributed by atoms with van der Waals surface area (Å²) in [6.45, 7) is 0. The van der Waals surface area contributed by atoms with Crippen molar-refractivity contribution in [2.24, 2.45) is 0 Å². The maximum atomic E-state index is 11.2. The average molecular weight is 365 g/mol. The first-order valence-electron chi connectivity index (χ1n) is 2.76. The Hall–Kier alpha value is 0.180. The van der Waals surface area contributed by atoms with Gasteiger partial charge < -0.3 is 4.74 Å². The Bertz CT molecular complexity index is 367. The fourth-order valence-electron chi connectivity index (χ4n) is 0.615. The molecule has 0 saturated heterocycles. The predicted molar refractivity (Wildman–Crippen MR) is 57.2 cm³/mol. The van der Waals surface area contributed by atoms with Crippen LogP contribution in [0.1, 0.15) is 0 Å². The Morgan fingerprint density at radius 2 is 2.33 bits per heavy atom. The summed E-state index contributed by atoms with van der Waals surface area (Å²) in [7, 11) is 1.38. The summed E-state index contributed by atoms with van der Waals surface area (Å²) in [6, 6.07) is 0. The van der Waals surface area contributed by atoms with Gasteiger partial charge >= 0.3 is 5.56 Å². The third-order valence-corrected chi connectivity index (χ3v) is 2.91. The second-order valence-electron chi connectivity index (χ2n) is 1.80. The highest BCUT2D eigenvalue weighted by Gasteiger charge is 2.13. The lowest BCUT2D eigenvalue weighted by Gasteiger charge is -2.03. The van der Waals surface area contributed by atoms with E-state index >= 15 is 0 Å². The molecule has 0 N–H and O–H groups in total. The molecule has 0 fully saturated rings. The quantitative estimate of drug-likeness (QED) is 0.714. The second-order valence-corrected chi connectivity index (χ2v) is 3.85. The highest BCUT2D eigenvalue weighted by atomic mass is 127. The number of rotatable bonds is 1. The van der Waals surface area contributed by atoms with Crippen LogP contribution in [0.5, 0.6) is 5.75 Å². The zero-order valence-corrected chi connectivity index (χ0v) is 10.3. The van der Waals surface area contributed by atoms with E-state index < -0.39 is 0 Å². The van der Waals surface area contributed by atoms with Crippen molar-refractivity contribution in [3.05, 3.63) is 20.0 Å². The lowest BCUT2D eigenvalue weighted by molar-refractivity contribution is 0.405. The van der Waals surface area contributed by atoms with Crippen LogP contribution in [0.15, 0.2) is 9.40 Å². The van der Waals surface area contributed by atoms with E-state index in [-0.39, 0.29) is 16.3 Å². The average Bonchev–Trinajstić information content (AvgIpc) is 2.02. The van der Waals surface area contributed by atoms with Gasteiger partial charge in [0.2, 0.25) is 5.75 Å². The van der Waals surface area contributed by atoms with Crippen LogP contribution < -0.4 is 10.3 Å². The maximum absolute atomic E-state index is 11.2. The van der Waals surface area contributed by atoms with Crippen molar-refractivity contribution in [1.29, 1.82) is 0 Å². The summed E-state index contributed by atoms with van der Waals surface area (Å²) in [5.41, 5.74) is -0.369. The van der Waals surface area contributed by atoms with Crippen molar-refractivity contribution in [1.82, 2.24) is 7.99 Å². The van der Waals surface area contributed by atoms with Gasteiger partial charge in [0.15, 0.2) is 0 Å². The van der Waals surface area contributed by atoms with Crippen molar-refractivity contribution >= 4 is 50.4 Å². The predicted octanol–water partition coefficient (Wildman–Crippen LogP) is 1.87. The minimum atomic E-state index is -0.369. The fraction of sp³-hybridized carbons (Fsp3) is 0.200. The van der Waals surface area contributed by atoms with Crippen LogP contribution in [0.4, 0.5) is 0 Å². The van der Waals surface area contributed by atoms with Gasteiger partial charge in [-0.3, -0.25) is 4.79 Å². The van der Waals surface area contributed by atoms with Crippen LogP contribution in [0, 0.1) is 0 Å². The number of halogens is 3. The summed E-state index contributed by atoms with van der Waals surface area (Å²) in [6.07, 6.45) is 0. The van der Waals surface area contributed by atoms with E-state index in [1.54, 1.807) is 22.9 Å². The lowest BCUT2D eigenvalue weighted by atomic mass is 10.5. The van der Waals surface area contributed by atoms with Crippen molar-refractivity contribution in [2.45, 2.75) is 0 Å². The molecule has 0 aliphatic rings. The van der Waals surface area contributed by atoms with E-state index in [4.69, 9.17) is 16.3 Å². The molecule has 7 heteroatoms. The molecular weight excluding hydrogens is 362 g/mol. The van der Waals surface area contributed by atoms with E-state index in [9.17, 15) is 4.79 Å². The SMILES string of the molecule is COc1c(Cl)c(Br)nn(I)c1=O. The summed E-state index contributed by atoms with van der Waals surface area (Å²) >= 11 is 10.5. The van der Waals surface area contributed by atoms with Crippen LogP contribution in [-0.2, 0) is 0 Å². The van der Waals surface area contributed by atoms with Crippen LogP contribution in [-0.4, -0.2) is 15.1 Å². The van der Waals surface area contributed by atoms with Crippen molar-refractivity contribution < 1.29 is 4.74 Å². The molecule has 1 heterocycles. The molecule has 0 aliphatic carbocycles. The number of hydrogen-bond acceptors (Lipinski definition) is 3. The monoisotopic (exact) mass is 364 g/mol. The van der Waals surface area contributed by atoms with Crippen molar-refractivity contribution in [3.8, 4) is 5.75 Å². The molecule has 0 amide bonds. The molecule has 0 spiro atoms. The number of aromatic nitrogens is 2. The number of ether oxygens (including phenoxy) is 1. The molecule has 1 aromatic heterocycles. The Balaban J connectivity index is 3.53. The van der Waals surface area contributed by atoms with Crippen LogP contribution in [0.25, 0.3) is 0 Å². The first-order valence-corrected chi connectivity index (χ1v) is 4.90. The topological polar surface area (TPSA) is 44.1 Å². The molecule has 1 rings (SSSR count). The molecule has 66 valence electrons. The van der Waals surface area contributed by atoms with Gasteiger partial charge in [0.05, 0.1) is 30.0 Å². The van der Waals surface area contributed by atoms with E-state index in [0.29, 0.717) is 4.60 Å². The van der Waals surface area contributed by atoms with Gasteiger partial charge in [0.25, 0.3) is 0 Å². The van der Waals surface area contributed by atoms with Gasteiger partial charge in [-0.15, -0.1) is 0 Å². The van der Waals surface area contributed by atoms with Gasteiger partial charge in [0.1, 0.15) is 9.63 Å². The molecule has 12 heavy (non-hydrogen) atoms. The molecule has 0 atom stereocenters. The van der Waals surface area contributed by atoms with Crippen LogP contribution in [0.2, 0.25) is 5.02 Å². The smallest absolute Gasteiger partial charge is 0.319 e. The summed E-state index contributed by atoms with van der Waals surface area (Å²) < 4.78 is 6.30. The van der Waals surface area contributed by atoms with Gasteiger partial charge in [0, 0.05) is 0 Å². The largest absolute Gasteiger partial charge is 0.490 e. The zero-order chi connectivity index (χ0) is 9.30. The third kappa shape index (κ3) is 1.74. The standard InChI is InChI=1S/C5H3BrClIN2O2/c1-12-3-2(7)4(6)9-10(8)5(3)11/h1H3. The minimum absolute atomic E-state index is 0.0907. The molecule has 0 saturated carbocycles. The molecule has 0 radical (unpaired) electrons. The highest BCUT2D eigenvalue weighted by molar-refractivity contribution is 14.1. The summed E-state index contributed by atoms with van der Waals surface area (Å²) in [5, 5.41) is 3.97. The van der Waals surface area contributed by atoms with Gasteiger partial charge in [-0.2, -0.15) is 7.99 Å². The molecule has 0 aromatic carbocycles. The van der Waals surface area contributed by atoms with Crippen molar-refractivity contribution in [2.75, 3.05) is 7.11 Å². The Morgan fingerprint density at radius 3 is 2.83 bits per heavy atom.